The van der Waals surface area contributed by atoms with Crippen molar-refractivity contribution in [2.24, 2.45) is 0 Å². The van der Waals surface area contributed by atoms with E-state index in [1.807, 2.05) is 5.32 Å². The second-order valence-electron chi connectivity index (χ2n) is 8.02. The molecule has 8 nitrogen and oxygen atoms in total. The van der Waals surface area contributed by atoms with Gasteiger partial charge in [-0.05, 0) is 12.8 Å². The van der Waals surface area contributed by atoms with Crippen molar-refractivity contribution in [2.45, 2.75) is 25.4 Å². The molecule has 3 aliphatic rings. The molecule has 0 aliphatic carbocycles. The van der Waals surface area contributed by atoms with Gasteiger partial charge in [0.05, 0.1) is 18.8 Å². The van der Waals surface area contributed by atoms with Crippen molar-refractivity contribution in [2.75, 3.05) is 62.2 Å². The van der Waals surface area contributed by atoms with E-state index < -0.39 is 36.2 Å². The Morgan fingerprint density at radius 1 is 1.03 bits per heavy atom. The fourth-order valence-electron chi connectivity index (χ4n) is 4.33. The number of carbonyl (C=O) groups is 2. The molecule has 1 N–H and O–H groups in total. The van der Waals surface area contributed by atoms with Gasteiger partial charge in [-0.1, -0.05) is 0 Å². The lowest BCUT2D eigenvalue weighted by atomic mass is 10.2. The molecule has 1 atom stereocenters. The van der Waals surface area contributed by atoms with E-state index in [2.05, 4.69) is 10.0 Å². The maximum absolute atomic E-state index is 15.0. The van der Waals surface area contributed by atoms with Gasteiger partial charge in [0.2, 0.25) is 0 Å². The van der Waals surface area contributed by atoms with Crippen LogP contribution in [-0.2, 0) is 9.53 Å². The van der Waals surface area contributed by atoms with Crippen LogP contribution in [0.5, 0.6) is 0 Å². The number of ether oxygens (including phenoxy) is 1. The normalized spacial score (nSPS) is 22.7. The Morgan fingerprint density at radius 3 is 2.19 bits per heavy atom. The summed E-state index contributed by atoms with van der Waals surface area (Å²) < 4.78 is 59.6. The van der Waals surface area contributed by atoms with Crippen molar-refractivity contribution in [3.05, 3.63) is 23.8 Å². The average Bonchev–Trinajstić information content (AvgIpc) is 3.00. The molecular formula is C20H25F4N5O3. The fraction of sp³-hybridized carbons (Fsp3) is 0.600. The van der Waals surface area contributed by atoms with Gasteiger partial charge in [0.1, 0.15) is 11.8 Å². The number of halogens is 4. The SMILES string of the molecule is O=C(NCC1CN(c2cc(F)c(N3CCN4CCCCN4CC3)c(F)c2)C(=O)O1)C(F)F. The summed E-state index contributed by atoms with van der Waals surface area (Å²) in [4.78, 5) is 25.8. The van der Waals surface area contributed by atoms with Crippen LogP contribution in [-0.4, -0.2) is 86.9 Å². The third kappa shape index (κ3) is 4.75. The van der Waals surface area contributed by atoms with Gasteiger partial charge in [0.15, 0.2) is 11.6 Å². The number of cyclic esters (lactones) is 1. The number of fused-ring (bicyclic) bond motifs is 1. The topological polar surface area (TPSA) is 68.4 Å². The Bertz CT molecular complexity index is 835. The molecule has 3 heterocycles. The van der Waals surface area contributed by atoms with Crippen LogP contribution in [0.3, 0.4) is 0 Å². The Kier molecular flexibility index (Phi) is 6.70. The first-order valence-corrected chi connectivity index (χ1v) is 10.6. The molecule has 3 saturated heterocycles. The summed E-state index contributed by atoms with van der Waals surface area (Å²) in [5.41, 5.74) is -0.171. The summed E-state index contributed by atoms with van der Waals surface area (Å²) in [5, 5.41) is 6.41. The molecule has 32 heavy (non-hydrogen) atoms. The van der Waals surface area contributed by atoms with Crippen LogP contribution in [0.4, 0.5) is 33.7 Å². The highest BCUT2D eigenvalue weighted by molar-refractivity contribution is 5.90. The third-order valence-corrected chi connectivity index (χ3v) is 5.94. The number of hydrazine groups is 1. The molecule has 2 amide bonds. The number of amides is 2. The van der Waals surface area contributed by atoms with Crippen molar-refractivity contribution in [1.29, 1.82) is 0 Å². The van der Waals surface area contributed by atoms with Crippen LogP contribution in [0, 0.1) is 11.6 Å². The highest BCUT2D eigenvalue weighted by atomic mass is 19.3. The fourth-order valence-corrected chi connectivity index (χ4v) is 4.33. The van der Waals surface area contributed by atoms with Crippen molar-refractivity contribution < 1.29 is 31.9 Å². The summed E-state index contributed by atoms with van der Waals surface area (Å²) in [7, 11) is 0. The largest absolute Gasteiger partial charge is 0.442 e. The van der Waals surface area contributed by atoms with E-state index in [9.17, 15) is 27.2 Å². The van der Waals surface area contributed by atoms with Crippen LogP contribution in [0.2, 0.25) is 0 Å². The number of alkyl halides is 2. The Balaban J connectivity index is 1.44. The molecule has 1 aromatic rings. The maximum atomic E-state index is 15.0. The van der Waals surface area contributed by atoms with E-state index in [0.29, 0.717) is 26.2 Å². The van der Waals surface area contributed by atoms with Crippen LogP contribution < -0.4 is 15.1 Å². The summed E-state index contributed by atoms with van der Waals surface area (Å²) in [5.74, 6) is -3.07. The average molecular weight is 459 g/mol. The van der Waals surface area contributed by atoms with Crippen molar-refractivity contribution in [3.63, 3.8) is 0 Å². The first-order valence-electron chi connectivity index (χ1n) is 10.6. The lowest BCUT2D eigenvalue weighted by Crippen LogP contribution is -2.47. The number of hydrogen-bond donors (Lipinski definition) is 1. The molecule has 12 heteroatoms. The minimum Gasteiger partial charge on any atom is -0.442 e. The van der Waals surface area contributed by atoms with Crippen molar-refractivity contribution in [1.82, 2.24) is 15.3 Å². The molecule has 0 aromatic heterocycles. The van der Waals surface area contributed by atoms with Crippen LogP contribution in [0.15, 0.2) is 12.1 Å². The Morgan fingerprint density at radius 2 is 1.62 bits per heavy atom. The molecule has 3 aliphatic heterocycles. The molecule has 3 fully saturated rings. The van der Waals surface area contributed by atoms with Gasteiger partial charge in [-0.2, -0.15) is 8.78 Å². The number of rotatable bonds is 5. The van der Waals surface area contributed by atoms with Crippen LogP contribution >= 0.6 is 0 Å². The lowest BCUT2D eigenvalue weighted by Gasteiger charge is -2.36. The first-order chi connectivity index (χ1) is 15.3. The predicted molar refractivity (Wildman–Crippen MR) is 108 cm³/mol. The summed E-state index contributed by atoms with van der Waals surface area (Å²) >= 11 is 0. The monoisotopic (exact) mass is 459 g/mol. The van der Waals surface area contributed by atoms with Gasteiger partial charge in [-0.3, -0.25) is 9.69 Å². The van der Waals surface area contributed by atoms with E-state index in [-0.39, 0.29) is 24.5 Å². The number of hydrogen-bond acceptors (Lipinski definition) is 6. The van der Waals surface area contributed by atoms with Gasteiger partial charge in [-0.25, -0.2) is 23.6 Å². The van der Waals surface area contributed by atoms with E-state index in [1.165, 1.54) is 0 Å². The quantitative estimate of drug-likeness (QED) is 0.678. The second kappa shape index (κ2) is 9.49. The Labute approximate surface area is 182 Å². The van der Waals surface area contributed by atoms with Crippen molar-refractivity contribution >= 4 is 23.4 Å². The molecule has 1 unspecified atom stereocenters. The maximum Gasteiger partial charge on any atom is 0.414 e. The van der Waals surface area contributed by atoms with Crippen LogP contribution in [0.1, 0.15) is 12.8 Å². The summed E-state index contributed by atoms with van der Waals surface area (Å²) in [6.07, 6.45) is -2.75. The molecular weight excluding hydrogens is 434 g/mol. The summed E-state index contributed by atoms with van der Waals surface area (Å²) in [6, 6.07) is 2.14. The highest BCUT2D eigenvalue weighted by Gasteiger charge is 2.35. The van der Waals surface area contributed by atoms with Crippen molar-refractivity contribution in [3.8, 4) is 0 Å². The number of benzene rings is 1. The van der Waals surface area contributed by atoms with Gasteiger partial charge >= 0.3 is 12.5 Å². The smallest absolute Gasteiger partial charge is 0.414 e. The highest BCUT2D eigenvalue weighted by Crippen LogP contribution is 2.31. The number of nitrogens with zero attached hydrogens (tertiary/aromatic N) is 4. The number of carbonyl (C=O) groups excluding carboxylic acids is 2. The number of nitrogens with one attached hydrogen (secondary N) is 1. The standard InChI is InChI=1S/C20H25F4N5O3/c21-15-9-13(29-12-14(32-20(29)31)11-25-19(30)18(23)24)10-16(22)17(15)26-5-7-27-3-1-2-4-28(27)8-6-26/h9-10,14,18H,1-8,11-12H2,(H,25,30). The molecule has 0 radical (unpaired) electrons. The van der Waals surface area contributed by atoms with Gasteiger partial charge in [0.25, 0.3) is 5.91 Å². The zero-order valence-electron chi connectivity index (χ0n) is 17.4. The van der Waals surface area contributed by atoms with Gasteiger partial charge in [0, 0.05) is 51.4 Å². The number of anilines is 2. The molecule has 0 saturated carbocycles. The predicted octanol–water partition coefficient (Wildman–Crippen LogP) is 1.80. The molecule has 4 rings (SSSR count). The minimum absolute atomic E-state index is 0.0348. The Hall–Kier alpha value is -2.60. The lowest BCUT2D eigenvalue weighted by molar-refractivity contribution is -0.132. The summed E-state index contributed by atoms with van der Waals surface area (Å²) in [6.45, 7) is 3.71. The third-order valence-electron chi connectivity index (χ3n) is 5.94. The zero-order valence-corrected chi connectivity index (χ0v) is 17.4. The zero-order chi connectivity index (χ0) is 22.8. The van der Waals surface area contributed by atoms with Crippen LogP contribution in [0.25, 0.3) is 0 Å². The minimum atomic E-state index is -3.18. The van der Waals surface area contributed by atoms with E-state index in [1.54, 1.807) is 4.90 Å². The second-order valence-corrected chi connectivity index (χ2v) is 8.02. The molecule has 0 bridgehead atoms. The molecule has 176 valence electrons. The van der Waals surface area contributed by atoms with E-state index in [4.69, 9.17) is 4.74 Å². The van der Waals surface area contributed by atoms with E-state index >= 15 is 0 Å². The molecule has 0 spiro atoms. The van der Waals surface area contributed by atoms with E-state index in [0.717, 1.165) is 43.0 Å². The molecule has 1 aromatic carbocycles. The van der Waals surface area contributed by atoms with Gasteiger partial charge in [-0.15, -0.1) is 0 Å². The first kappa shape index (κ1) is 22.6. The van der Waals surface area contributed by atoms with Gasteiger partial charge < -0.3 is 15.0 Å².